The van der Waals surface area contributed by atoms with Gasteiger partial charge < -0.3 is 15.3 Å². The van der Waals surface area contributed by atoms with Crippen LogP contribution in [0.15, 0.2) is 23.2 Å². The van der Waals surface area contributed by atoms with Crippen LogP contribution in [0.4, 0.5) is 4.39 Å². The maximum atomic E-state index is 13.7. The summed E-state index contributed by atoms with van der Waals surface area (Å²) in [7, 11) is 0. The quantitative estimate of drug-likeness (QED) is 0.661. The largest absolute Gasteiger partial charge is 0.391 e. The lowest BCUT2D eigenvalue weighted by Crippen LogP contribution is -2.40. The van der Waals surface area contributed by atoms with Crippen molar-refractivity contribution in [3.05, 3.63) is 34.6 Å². The third-order valence-corrected chi connectivity index (χ3v) is 3.84. The van der Waals surface area contributed by atoms with Gasteiger partial charge in [-0.3, -0.25) is 4.99 Å². The Morgan fingerprint density at radius 1 is 1.57 bits per heavy atom. The first-order chi connectivity index (χ1) is 10.1. The summed E-state index contributed by atoms with van der Waals surface area (Å²) in [6.45, 7) is 4.58. The zero-order valence-corrected chi connectivity index (χ0v) is 12.9. The summed E-state index contributed by atoms with van der Waals surface area (Å²) in [5.41, 5.74) is 0.500. The molecule has 1 aliphatic heterocycles. The first-order valence-corrected chi connectivity index (χ1v) is 7.63. The van der Waals surface area contributed by atoms with Crippen molar-refractivity contribution < 1.29 is 9.50 Å². The maximum Gasteiger partial charge on any atom is 0.194 e. The lowest BCUT2D eigenvalue weighted by Gasteiger charge is -2.21. The lowest BCUT2D eigenvalue weighted by molar-refractivity contribution is 0.188. The summed E-state index contributed by atoms with van der Waals surface area (Å²) in [6.07, 6.45) is 0.912. The minimum Gasteiger partial charge on any atom is -0.391 e. The molecule has 0 spiro atoms. The molecule has 0 aromatic heterocycles. The van der Waals surface area contributed by atoms with Gasteiger partial charge in [0.15, 0.2) is 5.96 Å². The van der Waals surface area contributed by atoms with Crippen LogP contribution in [0.3, 0.4) is 0 Å². The highest BCUT2D eigenvalue weighted by atomic mass is 35.5. The van der Waals surface area contributed by atoms with Gasteiger partial charge in [-0.1, -0.05) is 17.7 Å². The molecule has 6 heteroatoms. The van der Waals surface area contributed by atoms with E-state index in [4.69, 9.17) is 11.6 Å². The maximum absolute atomic E-state index is 13.7. The number of β-amino-alcohol motifs (C(OH)–C–C–N with tert-alkyl or cyclic N) is 1. The van der Waals surface area contributed by atoms with E-state index in [2.05, 4.69) is 10.3 Å². The Morgan fingerprint density at radius 2 is 2.38 bits per heavy atom. The molecule has 0 aliphatic carbocycles. The predicted molar refractivity (Wildman–Crippen MR) is 83.3 cm³/mol. The highest BCUT2D eigenvalue weighted by Gasteiger charge is 2.22. The number of rotatable bonds is 4. The van der Waals surface area contributed by atoms with E-state index >= 15 is 0 Å². The van der Waals surface area contributed by atoms with E-state index in [9.17, 15) is 9.50 Å². The molecule has 1 fully saturated rings. The minimum absolute atomic E-state index is 0.292. The molecule has 116 valence electrons. The molecule has 4 nitrogen and oxygen atoms in total. The molecule has 0 unspecified atom stereocenters. The Balaban J connectivity index is 2.00. The lowest BCUT2D eigenvalue weighted by atomic mass is 10.1. The van der Waals surface area contributed by atoms with Crippen LogP contribution in [0, 0.1) is 5.82 Å². The second-order valence-corrected chi connectivity index (χ2v) is 5.48. The fourth-order valence-electron chi connectivity index (χ4n) is 2.40. The van der Waals surface area contributed by atoms with Crippen LogP contribution in [-0.4, -0.2) is 48.2 Å². The van der Waals surface area contributed by atoms with Gasteiger partial charge in [-0.15, -0.1) is 0 Å². The minimum atomic E-state index is -0.296. The van der Waals surface area contributed by atoms with Crippen molar-refractivity contribution in [2.75, 3.05) is 26.2 Å². The van der Waals surface area contributed by atoms with Gasteiger partial charge in [0.1, 0.15) is 5.82 Å². The van der Waals surface area contributed by atoms with Crippen molar-refractivity contribution >= 4 is 17.6 Å². The van der Waals surface area contributed by atoms with Crippen LogP contribution in [0.5, 0.6) is 0 Å². The van der Waals surface area contributed by atoms with Gasteiger partial charge in [-0.25, -0.2) is 4.39 Å². The predicted octanol–water partition coefficient (Wildman–Crippen LogP) is 2.05. The molecule has 0 radical (unpaired) electrons. The van der Waals surface area contributed by atoms with Crippen molar-refractivity contribution in [1.82, 2.24) is 10.2 Å². The summed E-state index contributed by atoms with van der Waals surface area (Å²) in [4.78, 5) is 6.53. The summed E-state index contributed by atoms with van der Waals surface area (Å²) in [6, 6.07) is 4.69. The van der Waals surface area contributed by atoms with Crippen molar-refractivity contribution in [1.29, 1.82) is 0 Å². The number of aliphatic hydroxyl groups is 1. The van der Waals surface area contributed by atoms with E-state index in [1.165, 1.54) is 6.07 Å². The van der Waals surface area contributed by atoms with Crippen LogP contribution >= 0.6 is 11.6 Å². The zero-order valence-electron chi connectivity index (χ0n) is 12.1. The first kappa shape index (κ1) is 16.0. The molecule has 1 saturated heterocycles. The summed E-state index contributed by atoms with van der Waals surface area (Å²) >= 11 is 6.00. The summed E-state index contributed by atoms with van der Waals surface area (Å²) < 4.78 is 13.7. The van der Waals surface area contributed by atoms with Crippen molar-refractivity contribution in [3.63, 3.8) is 0 Å². The highest BCUT2D eigenvalue weighted by molar-refractivity contribution is 6.31. The Kier molecular flexibility index (Phi) is 5.82. The van der Waals surface area contributed by atoms with Gasteiger partial charge >= 0.3 is 0 Å². The Labute approximate surface area is 129 Å². The summed E-state index contributed by atoms with van der Waals surface area (Å²) in [5.74, 6) is 0.473. The second kappa shape index (κ2) is 7.61. The standard InChI is InChI=1S/C15H21ClFN3O/c1-2-18-15(20-9-7-11(21)10-20)19-8-6-12-13(16)4-3-5-14(12)17/h3-5,11,21H,2,6-10H2,1H3,(H,18,19)/t11-/m1/s1. The third-order valence-electron chi connectivity index (χ3n) is 3.48. The molecule has 2 N–H and O–H groups in total. The number of hydrogen-bond acceptors (Lipinski definition) is 2. The van der Waals surface area contributed by atoms with E-state index < -0.39 is 0 Å². The molecule has 1 aromatic carbocycles. The van der Waals surface area contributed by atoms with Crippen LogP contribution in [0.2, 0.25) is 5.02 Å². The molecule has 0 saturated carbocycles. The molecule has 1 heterocycles. The van der Waals surface area contributed by atoms with Gasteiger partial charge in [0.2, 0.25) is 0 Å². The average molecular weight is 314 g/mol. The smallest absolute Gasteiger partial charge is 0.194 e. The van der Waals surface area contributed by atoms with E-state index in [1.54, 1.807) is 12.1 Å². The van der Waals surface area contributed by atoms with Gasteiger partial charge in [0, 0.05) is 36.8 Å². The SMILES string of the molecule is CCNC(=NCCc1c(F)cccc1Cl)N1CC[C@@H](O)C1. The van der Waals surface area contributed by atoms with E-state index in [0.717, 1.165) is 25.5 Å². The fraction of sp³-hybridized carbons (Fsp3) is 0.533. The second-order valence-electron chi connectivity index (χ2n) is 5.07. The van der Waals surface area contributed by atoms with Crippen LogP contribution < -0.4 is 5.32 Å². The van der Waals surface area contributed by atoms with Gasteiger partial charge in [0.25, 0.3) is 0 Å². The number of aliphatic imine (C=N–C) groups is 1. The van der Waals surface area contributed by atoms with E-state index in [0.29, 0.717) is 30.1 Å². The van der Waals surface area contributed by atoms with E-state index in [-0.39, 0.29) is 11.9 Å². The van der Waals surface area contributed by atoms with E-state index in [1.807, 2.05) is 11.8 Å². The van der Waals surface area contributed by atoms with Crippen molar-refractivity contribution in [2.45, 2.75) is 25.9 Å². The Bertz CT molecular complexity index is 489. The molecule has 0 bridgehead atoms. The number of benzene rings is 1. The topological polar surface area (TPSA) is 47.9 Å². The molecule has 1 atom stereocenters. The first-order valence-electron chi connectivity index (χ1n) is 7.26. The van der Waals surface area contributed by atoms with Crippen LogP contribution in [-0.2, 0) is 6.42 Å². The Morgan fingerprint density at radius 3 is 3.00 bits per heavy atom. The van der Waals surface area contributed by atoms with Crippen LogP contribution in [0.25, 0.3) is 0 Å². The molecular weight excluding hydrogens is 293 g/mol. The molecule has 1 aromatic rings. The number of nitrogens with one attached hydrogen (secondary N) is 1. The van der Waals surface area contributed by atoms with Crippen molar-refractivity contribution in [3.8, 4) is 0 Å². The fourth-order valence-corrected chi connectivity index (χ4v) is 2.66. The third kappa shape index (κ3) is 4.32. The molecule has 1 aliphatic rings. The van der Waals surface area contributed by atoms with Gasteiger partial charge in [-0.05, 0) is 31.9 Å². The average Bonchev–Trinajstić information content (AvgIpc) is 2.87. The van der Waals surface area contributed by atoms with Gasteiger partial charge in [-0.2, -0.15) is 0 Å². The molecule has 2 rings (SSSR count). The summed E-state index contributed by atoms with van der Waals surface area (Å²) in [5, 5.41) is 13.2. The van der Waals surface area contributed by atoms with Gasteiger partial charge in [0.05, 0.1) is 6.10 Å². The number of hydrogen-bond donors (Lipinski definition) is 2. The molecule has 21 heavy (non-hydrogen) atoms. The molecule has 0 amide bonds. The number of guanidine groups is 1. The van der Waals surface area contributed by atoms with Crippen LogP contribution in [0.1, 0.15) is 18.9 Å². The highest BCUT2D eigenvalue weighted by Crippen LogP contribution is 2.19. The number of likely N-dealkylation sites (tertiary alicyclic amines) is 1. The Hall–Kier alpha value is -1.33. The molecular formula is C15H21ClFN3O. The monoisotopic (exact) mass is 313 g/mol. The van der Waals surface area contributed by atoms with Crippen molar-refractivity contribution in [2.24, 2.45) is 4.99 Å². The number of halogens is 2. The normalized spacial score (nSPS) is 19.1. The number of nitrogens with zero attached hydrogens (tertiary/aromatic N) is 2. The zero-order chi connectivity index (χ0) is 15.2. The number of aliphatic hydroxyl groups excluding tert-OH is 1.